The van der Waals surface area contributed by atoms with Crippen LogP contribution in [0.1, 0.15) is 30.6 Å². The Bertz CT molecular complexity index is 735. The number of hydrogen-bond donors (Lipinski definition) is 1. The molecule has 0 unspecified atom stereocenters. The lowest BCUT2D eigenvalue weighted by atomic mass is 9.64. The Kier molecular flexibility index (Phi) is 4.29. The average molecular weight is 306 g/mol. The Morgan fingerprint density at radius 1 is 1.26 bits per heavy atom. The van der Waals surface area contributed by atoms with E-state index >= 15 is 0 Å². The standard InChI is InChI=1S/C19H18N2O2/c20-13-15(12-17-8-4-11-23-17)18(22)21-14-19(9-5-10-19)16-6-2-1-3-7-16/h1-4,6-8,11-12H,5,9-10,14H2,(H,21,22)/b15-12-. The largest absolute Gasteiger partial charge is 0.465 e. The Morgan fingerprint density at radius 2 is 2.04 bits per heavy atom. The normalized spacial score (nSPS) is 16.2. The molecule has 1 N–H and O–H groups in total. The van der Waals surface area contributed by atoms with Gasteiger partial charge in [-0.25, -0.2) is 0 Å². The number of carbonyl (C=O) groups excluding carboxylic acids is 1. The Labute approximate surface area is 135 Å². The third-order valence-electron chi connectivity index (χ3n) is 4.48. The van der Waals surface area contributed by atoms with Crippen molar-refractivity contribution in [3.05, 3.63) is 65.6 Å². The van der Waals surface area contributed by atoms with E-state index in [1.165, 1.54) is 17.9 Å². The summed E-state index contributed by atoms with van der Waals surface area (Å²) < 4.78 is 5.16. The van der Waals surface area contributed by atoms with Gasteiger partial charge in [0.15, 0.2) is 0 Å². The summed E-state index contributed by atoms with van der Waals surface area (Å²) in [5, 5.41) is 12.1. The minimum Gasteiger partial charge on any atom is -0.465 e. The van der Waals surface area contributed by atoms with Gasteiger partial charge in [-0.3, -0.25) is 4.79 Å². The lowest BCUT2D eigenvalue weighted by Gasteiger charge is -2.42. The minimum absolute atomic E-state index is 0.00215. The Hall–Kier alpha value is -2.80. The highest BCUT2D eigenvalue weighted by Gasteiger charge is 2.38. The van der Waals surface area contributed by atoms with Gasteiger partial charge in [0.1, 0.15) is 17.4 Å². The second-order valence-corrected chi connectivity index (χ2v) is 5.87. The number of nitrogens with zero attached hydrogens (tertiary/aromatic N) is 1. The summed E-state index contributed by atoms with van der Waals surface area (Å²) in [5.41, 5.74) is 1.31. The summed E-state index contributed by atoms with van der Waals surface area (Å²) in [4.78, 5) is 12.3. The van der Waals surface area contributed by atoms with Gasteiger partial charge in [-0.1, -0.05) is 36.8 Å². The molecule has 0 spiro atoms. The van der Waals surface area contributed by atoms with E-state index in [4.69, 9.17) is 4.42 Å². The summed E-state index contributed by atoms with van der Waals surface area (Å²) in [6.45, 7) is 0.549. The van der Waals surface area contributed by atoms with Crippen LogP contribution in [-0.2, 0) is 10.2 Å². The fourth-order valence-corrected chi connectivity index (χ4v) is 2.97. The monoisotopic (exact) mass is 306 g/mol. The van der Waals surface area contributed by atoms with Gasteiger partial charge in [0, 0.05) is 18.0 Å². The van der Waals surface area contributed by atoms with Gasteiger partial charge in [0.2, 0.25) is 0 Å². The van der Waals surface area contributed by atoms with Crippen molar-refractivity contribution in [3.8, 4) is 6.07 Å². The van der Waals surface area contributed by atoms with E-state index in [2.05, 4.69) is 17.4 Å². The first kappa shape index (κ1) is 15.1. The van der Waals surface area contributed by atoms with Gasteiger partial charge in [0.05, 0.1) is 6.26 Å². The molecule has 116 valence electrons. The first-order chi connectivity index (χ1) is 11.2. The number of rotatable bonds is 5. The number of furan rings is 1. The van der Waals surface area contributed by atoms with Crippen LogP contribution in [0, 0.1) is 11.3 Å². The van der Waals surface area contributed by atoms with Crippen molar-refractivity contribution in [1.82, 2.24) is 5.32 Å². The minimum atomic E-state index is -0.355. The third-order valence-corrected chi connectivity index (χ3v) is 4.48. The van der Waals surface area contributed by atoms with E-state index in [0.29, 0.717) is 12.3 Å². The first-order valence-electron chi connectivity index (χ1n) is 7.73. The molecule has 1 aliphatic carbocycles. The fourth-order valence-electron chi connectivity index (χ4n) is 2.97. The zero-order valence-electron chi connectivity index (χ0n) is 12.8. The highest BCUT2D eigenvalue weighted by Crippen LogP contribution is 2.43. The summed E-state index contributed by atoms with van der Waals surface area (Å²) in [6, 6.07) is 15.6. The second-order valence-electron chi connectivity index (χ2n) is 5.87. The molecule has 0 bridgehead atoms. The summed E-state index contributed by atoms with van der Waals surface area (Å²) in [7, 11) is 0. The summed E-state index contributed by atoms with van der Waals surface area (Å²) in [6.07, 6.45) is 6.25. The molecule has 2 aromatic rings. The molecule has 1 aromatic heterocycles. The van der Waals surface area contributed by atoms with Gasteiger partial charge in [-0.05, 0) is 30.5 Å². The molecule has 1 aromatic carbocycles. The number of carbonyl (C=O) groups is 1. The number of nitriles is 1. The molecule has 1 fully saturated rings. The van der Waals surface area contributed by atoms with Crippen LogP contribution < -0.4 is 5.32 Å². The van der Waals surface area contributed by atoms with E-state index in [9.17, 15) is 10.1 Å². The van der Waals surface area contributed by atoms with Crippen LogP contribution in [0.4, 0.5) is 0 Å². The van der Waals surface area contributed by atoms with Gasteiger partial charge < -0.3 is 9.73 Å². The molecule has 0 atom stereocenters. The zero-order chi connectivity index (χ0) is 16.1. The van der Waals surface area contributed by atoms with E-state index < -0.39 is 0 Å². The number of nitrogens with one attached hydrogen (secondary N) is 1. The van der Waals surface area contributed by atoms with E-state index in [0.717, 1.165) is 19.3 Å². The van der Waals surface area contributed by atoms with Crippen molar-refractivity contribution in [2.75, 3.05) is 6.54 Å². The van der Waals surface area contributed by atoms with Crippen LogP contribution in [0.2, 0.25) is 0 Å². The van der Waals surface area contributed by atoms with Crippen molar-refractivity contribution in [3.63, 3.8) is 0 Å². The lowest BCUT2D eigenvalue weighted by Crippen LogP contribution is -2.45. The second kappa shape index (κ2) is 6.53. The Balaban J connectivity index is 1.69. The molecule has 1 aliphatic rings. The maximum absolute atomic E-state index is 12.3. The van der Waals surface area contributed by atoms with Crippen molar-refractivity contribution in [2.45, 2.75) is 24.7 Å². The lowest BCUT2D eigenvalue weighted by molar-refractivity contribution is -0.117. The molecule has 4 heteroatoms. The van der Waals surface area contributed by atoms with Gasteiger partial charge >= 0.3 is 0 Å². The molecule has 1 heterocycles. The highest BCUT2D eigenvalue weighted by atomic mass is 16.3. The molecular formula is C19H18N2O2. The van der Waals surface area contributed by atoms with Crippen molar-refractivity contribution >= 4 is 12.0 Å². The zero-order valence-corrected chi connectivity index (χ0v) is 12.8. The molecule has 4 nitrogen and oxygen atoms in total. The molecule has 1 amide bonds. The highest BCUT2D eigenvalue weighted by molar-refractivity contribution is 6.01. The maximum Gasteiger partial charge on any atom is 0.262 e. The Morgan fingerprint density at radius 3 is 2.61 bits per heavy atom. The molecule has 1 saturated carbocycles. The van der Waals surface area contributed by atoms with E-state index in [1.807, 2.05) is 24.3 Å². The number of amides is 1. The van der Waals surface area contributed by atoms with Crippen LogP contribution in [-0.4, -0.2) is 12.5 Å². The number of hydrogen-bond acceptors (Lipinski definition) is 3. The molecule has 0 aliphatic heterocycles. The SMILES string of the molecule is N#C/C(=C/c1ccco1)C(=O)NCC1(c2ccccc2)CCC1. The van der Waals surface area contributed by atoms with Crippen molar-refractivity contribution in [2.24, 2.45) is 0 Å². The van der Waals surface area contributed by atoms with E-state index in [-0.39, 0.29) is 16.9 Å². The third kappa shape index (κ3) is 3.19. The predicted molar refractivity (Wildman–Crippen MR) is 87.3 cm³/mol. The molecule has 23 heavy (non-hydrogen) atoms. The quantitative estimate of drug-likeness (QED) is 0.680. The van der Waals surface area contributed by atoms with Gasteiger partial charge in [-0.2, -0.15) is 5.26 Å². The molecule has 0 saturated heterocycles. The van der Waals surface area contributed by atoms with Crippen LogP contribution >= 0.6 is 0 Å². The van der Waals surface area contributed by atoms with Gasteiger partial charge in [0.25, 0.3) is 5.91 Å². The van der Waals surface area contributed by atoms with Crippen LogP contribution in [0.25, 0.3) is 6.08 Å². The molecule has 3 rings (SSSR count). The smallest absolute Gasteiger partial charge is 0.262 e. The van der Waals surface area contributed by atoms with Crippen molar-refractivity contribution in [1.29, 1.82) is 5.26 Å². The van der Waals surface area contributed by atoms with Crippen LogP contribution in [0.5, 0.6) is 0 Å². The van der Waals surface area contributed by atoms with E-state index in [1.54, 1.807) is 12.1 Å². The first-order valence-corrected chi connectivity index (χ1v) is 7.73. The molecule has 0 radical (unpaired) electrons. The number of benzene rings is 1. The molecular weight excluding hydrogens is 288 g/mol. The summed E-state index contributed by atoms with van der Waals surface area (Å²) in [5.74, 6) is 0.143. The van der Waals surface area contributed by atoms with Crippen LogP contribution in [0.15, 0.2) is 58.7 Å². The van der Waals surface area contributed by atoms with Crippen LogP contribution in [0.3, 0.4) is 0 Å². The van der Waals surface area contributed by atoms with Crippen molar-refractivity contribution < 1.29 is 9.21 Å². The average Bonchev–Trinajstić information content (AvgIpc) is 3.05. The van der Waals surface area contributed by atoms with Gasteiger partial charge in [-0.15, -0.1) is 0 Å². The predicted octanol–water partition coefficient (Wildman–Crippen LogP) is 3.42. The fraction of sp³-hybridized carbons (Fsp3) is 0.263. The summed E-state index contributed by atoms with van der Waals surface area (Å²) >= 11 is 0. The maximum atomic E-state index is 12.3. The topological polar surface area (TPSA) is 66.0 Å².